The zero-order valence-electron chi connectivity index (χ0n) is 15.8. The molecule has 0 radical (unpaired) electrons. The second kappa shape index (κ2) is 7.71. The van der Waals surface area contributed by atoms with Gasteiger partial charge in [-0.25, -0.2) is 4.79 Å². The van der Waals surface area contributed by atoms with Crippen LogP contribution < -0.4 is 11.0 Å². The fraction of sp³-hybridized carbons (Fsp3) is 0.526. The van der Waals surface area contributed by atoms with Crippen LogP contribution in [0, 0.1) is 17.8 Å². The average molecular weight is 384 g/mol. The minimum atomic E-state index is -0.468. The molecule has 3 atom stereocenters. The topological polar surface area (TPSA) is 123 Å². The number of methoxy groups -OCH3 is 1. The molecule has 28 heavy (non-hydrogen) atoms. The molecule has 1 fully saturated rings. The molecule has 1 aromatic rings. The number of carbonyl (C=O) groups is 1. The van der Waals surface area contributed by atoms with Gasteiger partial charge < -0.3 is 15.3 Å². The molecule has 3 N–H and O–H groups in total. The molecule has 9 nitrogen and oxygen atoms in total. The molecule has 3 aliphatic rings. The number of nitrogens with one attached hydrogen (secondary N) is 2. The third-order valence-electron chi connectivity index (χ3n) is 6.08. The number of hydrogen-bond donors (Lipinski definition) is 3. The molecule has 148 valence electrons. The van der Waals surface area contributed by atoms with Gasteiger partial charge in [-0.15, -0.1) is 5.53 Å². The predicted octanol–water partition coefficient (Wildman–Crippen LogP) is 2.88. The molecule has 0 saturated heterocycles. The Hall–Kier alpha value is -2.74. The summed E-state index contributed by atoms with van der Waals surface area (Å²) in [5.41, 5.74) is 19.2. The Bertz CT molecular complexity index is 863. The van der Waals surface area contributed by atoms with Crippen LogP contribution in [0.3, 0.4) is 0 Å². The van der Waals surface area contributed by atoms with E-state index in [1.807, 2.05) is 5.01 Å². The van der Waals surface area contributed by atoms with Gasteiger partial charge in [0.2, 0.25) is 0 Å². The number of aliphatic hydroxyl groups excluding tert-OH is 1. The summed E-state index contributed by atoms with van der Waals surface area (Å²) in [6, 6.07) is 5.05. The molecule has 2 aliphatic carbocycles. The summed E-state index contributed by atoms with van der Waals surface area (Å²) in [6.45, 7) is 0.806. The lowest BCUT2D eigenvalue weighted by Crippen LogP contribution is -2.37. The van der Waals surface area contributed by atoms with E-state index in [0.29, 0.717) is 35.5 Å². The normalized spacial score (nSPS) is 25.6. The number of rotatable bonds is 5. The largest absolute Gasteiger partial charge is 0.465 e. The van der Waals surface area contributed by atoms with Crippen LogP contribution in [0.2, 0.25) is 0 Å². The zero-order valence-corrected chi connectivity index (χ0v) is 15.8. The second-order valence-electron chi connectivity index (χ2n) is 7.57. The van der Waals surface area contributed by atoms with Crippen LogP contribution in [0.25, 0.3) is 10.4 Å². The monoisotopic (exact) mass is 384 g/mol. The smallest absolute Gasteiger partial charge is 0.337 e. The van der Waals surface area contributed by atoms with E-state index in [9.17, 15) is 9.90 Å². The van der Waals surface area contributed by atoms with Gasteiger partial charge in [0.1, 0.15) is 0 Å². The fourth-order valence-corrected chi connectivity index (χ4v) is 4.62. The maximum absolute atomic E-state index is 11.9. The van der Waals surface area contributed by atoms with Crippen molar-refractivity contribution in [3.8, 4) is 0 Å². The van der Waals surface area contributed by atoms with Crippen molar-refractivity contribution in [2.24, 2.45) is 22.9 Å². The number of hydrogen-bond acceptors (Lipinski definition) is 7. The van der Waals surface area contributed by atoms with E-state index in [1.54, 1.807) is 12.1 Å². The Morgan fingerprint density at radius 1 is 1.36 bits per heavy atom. The number of azide groups is 1. The summed E-state index contributed by atoms with van der Waals surface area (Å²) in [4.78, 5) is 14.8. The molecular formula is C19H24N6O3. The quantitative estimate of drug-likeness (QED) is 0.310. The third-order valence-corrected chi connectivity index (χ3v) is 6.08. The third kappa shape index (κ3) is 3.52. The van der Waals surface area contributed by atoms with E-state index in [0.717, 1.165) is 31.2 Å². The van der Waals surface area contributed by atoms with Gasteiger partial charge in [0.05, 0.1) is 24.9 Å². The minimum absolute atomic E-state index is 0.290. The number of ether oxygens (including phenoxy) is 1. The van der Waals surface area contributed by atoms with Crippen molar-refractivity contribution in [1.29, 1.82) is 0 Å². The molecule has 9 heteroatoms. The first kappa shape index (κ1) is 18.6. The van der Waals surface area contributed by atoms with Crippen molar-refractivity contribution in [3.63, 3.8) is 0 Å². The van der Waals surface area contributed by atoms with Crippen LogP contribution >= 0.6 is 0 Å². The van der Waals surface area contributed by atoms with E-state index in [4.69, 9.17) is 10.3 Å². The number of hydrazine groups is 2. The highest BCUT2D eigenvalue weighted by atomic mass is 16.5. The number of allylic oxidation sites excluding steroid dienone is 2. The Kier molecular flexibility index (Phi) is 5.13. The van der Waals surface area contributed by atoms with Gasteiger partial charge in [0.15, 0.2) is 0 Å². The number of aliphatic hydroxyl groups is 1. The number of nitrogens with zero attached hydrogens (tertiary/aromatic N) is 4. The van der Waals surface area contributed by atoms with Gasteiger partial charge in [0, 0.05) is 22.9 Å². The summed E-state index contributed by atoms with van der Waals surface area (Å²) in [5, 5.41) is 15.2. The van der Waals surface area contributed by atoms with Crippen molar-refractivity contribution >= 4 is 11.7 Å². The molecular weight excluding hydrogens is 360 g/mol. The van der Waals surface area contributed by atoms with Gasteiger partial charge in [-0.3, -0.25) is 5.01 Å². The highest BCUT2D eigenvalue weighted by Gasteiger charge is 2.49. The highest BCUT2D eigenvalue weighted by Crippen LogP contribution is 2.53. The Morgan fingerprint density at radius 3 is 2.86 bits per heavy atom. The lowest BCUT2D eigenvalue weighted by atomic mass is 10.0. The standard InChI is InChI=1S/C19H24N6O3/c1-28-19(27)12-6-11(7-13(8-12)21-23-20)9-25-18-5-3-15-14(16(15)10-26)2-4-17(18)22-24-25/h6-8,14-16,22,24,26H,2-5,9-10H2,1H3/t14-,15+,16+/m1/s1. The molecule has 0 aromatic heterocycles. The van der Waals surface area contributed by atoms with Gasteiger partial charge in [-0.1, -0.05) is 5.11 Å². The lowest BCUT2D eigenvalue weighted by molar-refractivity contribution is 0.0600. The van der Waals surface area contributed by atoms with Gasteiger partial charge in [0.25, 0.3) is 0 Å². The van der Waals surface area contributed by atoms with Crippen LogP contribution in [0.1, 0.15) is 41.6 Å². The van der Waals surface area contributed by atoms with Crippen LogP contribution in [0.15, 0.2) is 34.7 Å². The van der Waals surface area contributed by atoms with Crippen LogP contribution in [0.4, 0.5) is 5.69 Å². The second-order valence-corrected chi connectivity index (χ2v) is 7.57. The summed E-state index contributed by atoms with van der Waals surface area (Å²) < 4.78 is 4.80. The van der Waals surface area contributed by atoms with Crippen LogP contribution in [-0.4, -0.2) is 29.8 Å². The predicted molar refractivity (Wildman–Crippen MR) is 101 cm³/mol. The van der Waals surface area contributed by atoms with Crippen LogP contribution in [0.5, 0.6) is 0 Å². The molecule has 0 unspecified atom stereocenters. The first-order valence-corrected chi connectivity index (χ1v) is 9.54. The molecule has 1 aromatic carbocycles. The van der Waals surface area contributed by atoms with Crippen molar-refractivity contribution < 1.29 is 14.6 Å². The minimum Gasteiger partial charge on any atom is -0.465 e. The maximum Gasteiger partial charge on any atom is 0.337 e. The molecule has 1 aliphatic heterocycles. The van der Waals surface area contributed by atoms with E-state index in [2.05, 4.69) is 21.0 Å². The molecule has 1 heterocycles. The SMILES string of the molecule is COC(=O)c1cc(CN2NNC3=C2CC[C@@H]2[C@@H](CO)[C@@H]2CC3)cc(N=[N+]=[N-])c1. The summed E-state index contributed by atoms with van der Waals surface area (Å²) in [6.07, 6.45) is 4.06. The molecule has 0 spiro atoms. The number of carbonyl (C=O) groups excluding carboxylic acids is 1. The average Bonchev–Trinajstić information content (AvgIpc) is 3.22. The molecule has 4 rings (SSSR count). The molecule has 1 saturated carbocycles. The number of benzene rings is 1. The van der Waals surface area contributed by atoms with E-state index >= 15 is 0 Å². The first-order chi connectivity index (χ1) is 13.6. The van der Waals surface area contributed by atoms with E-state index < -0.39 is 5.97 Å². The molecule has 0 bridgehead atoms. The highest BCUT2D eigenvalue weighted by molar-refractivity contribution is 5.90. The molecule has 0 amide bonds. The number of esters is 1. The summed E-state index contributed by atoms with van der Waals surface area (Å²) in [7, 11) is 1.32. The van der Waals surface area contributed by atoms with Crippen molar-refractivity contribution in [2.45, 2.75) is 32.2 Å². The van der Waals surface area contributed by atoms with Gasteiger partial charge >= 0.3 is 5.97 Å². The Morgan fingerprint density at radius 2 is 2.14 bits per heavy atom. The zero-order chi connectivity index (χ0) is 19.7. The first-order valence-electron chi connectivity index (χ1n) is 9.54. The summed E-state index contributed by atoms with van der Waals surface area (Å²) >= 11 is 0. The van der Waals surface area contributed by atoms with Crippen molar-refractivity contribution in [2.75, 3.05) is 13.7 Å². The lowest BCUT2D eigenvalue weighted by Gasteiger charge is -2.22. The van der Waals surface area contributed by atoms with Crippen molar-refractivity contribution in [3.05, 3.63) is 51.2 Å². The fourth-order valence-electron chi connectivity index (χ4n) is 4.62. The Balaban J connectivity index is 1.53. The van der Waals surface area contributed by atoms with Crippen LogP contribution in [-0.2, 0) is 11.3 Å². The maximum atomic E-state index is 11.9. The van der Waals surface area contributed by atoms with Gasteiger partial charge in [-0.05, 0) is 72.7 Å². The summed E-state index contributed by atoms with van der Waals surface area (Å²) in [5.74, 6) is 1.27. The number of fused-ring (bicyclic) bond motifs is 1. The van der Waals surface area contributed by atoms with E-state index in [1.165, 1.54) is 24.6 Å². The van der Waals surface area contributed by atoms with E-state index in [-0.39, 0.29) is 6.61 Å². The van der Waals surface area contributed by atoms with Gasteiger partial charge in [-0.2, -0.15) is 0 Å². The van der Waals surface area contributed by atoms with Crippen molar-refractivity contribution in [1.82, 2.24) is 16.0 Å². The Labute approximate surface area is 162 Å².